The number of nitrogens with one attached hydrogen (secondary N) is 1. The number of carbonyl (C=O) groups is 1. The zero-order valence-corrected chi connectivity index (χ0v) is 25.1. The van der Waals surface area contributed by atoms with Crippen molar-refractivity contribution in [1.82, 2.24) is 15.2 Å². The van der Waals surface area contributed by atoms with Crippen molar-refractivity contribution in [3.8, 4) is 0 Å². The average Bonchev–Trinajstić information content (AvgIpc) is 3.44. The number of benzene rings is 3. The third-order valence-corrected chi connectivity index (χ3v) is 11.1. The number of thiazole rings is 1. The Hall–Kier alpha value is -3.47. The van der Waals surface area contributed by atoms with Gasteiger partial charge in [-0.05, 0) is 79.8 Å². The molecular weight excluding hydrogens is 555 g/mol. The van der Waals surface area contributed by atoms with E-state index in [1.54, 1.807) is 23.5 Å². The van der Waals surface area contributed by atoms with Gasteiger partial charge >= 0.3 is 0 Å². The molecule has 0 unspecified atom stereocenters. The number of sulfonamides is 1. The lowest BCUT2D eigenvalue weighted by molar-refractivity contribution is 0.0947. The second-order valence-corrected chi connectivity index (χ2v) is 13.6. The molecule has 2 aliphatic rings. The lowest BCUT2D eigenvalue weighted by atomic mass is 10.0. The van der Waals surface area contributed by atoms with Crippen LogP contribution >= 0.6 is 11.3 Å². The van der Waals surface area contributed by atoms with E-state index in [0.717, 1.165) is 67.5 Å². The molecule has 1 N–H and O–H groups in total. The largest absolute Gasteiger partial charge is 0.351 e. The van der Waals surface area contributed by atoms with Crippen LogP contribution in [0.1, 0.15) is 33.5 Å². The predicted molar refractivity (Wildman–Crippen MR) is 166 cm³/mol. The van der Waals surface area contributed by atoms with E-state index in [1.165, 1.54) is 32.3 Å². The van der Waals surface area contributed by atoms with E-state index in [4.69, 9.17) is 4.98 Å². The quantitative estimate of drug-likeness (QED) is 0.339. The second-order valence-electron chi connectivity index (χ2n) is 10.8. The van der Waals surface area contributed by atoms with Gasteiger partial charge in [0.2, 0.25) is 0 Å². The molecule has 0 spiro atoms. The molecule has 6 rings (SSSR count). The summed E-state index contributed by atoms with van der Waals surface area (Å²) in [5.41, 5.74) is 5.87. The van der Waals surface area contributed by atoms with Gasteiger partial charge in [0.05, 0.1) is 20.8 Å². The molecule has 2 aliphatic heterocycles. The van der Waals surface area contributed by atoms with E-state index in [2.05, 4.69) is 41.1 Å². The molecule has 0 bridgehead atoms. The molecule has 0 saturated carbocycles. The van der Waals surface area contributed by atoms with Crippen molar-refractivity contribution in [3.63, 3.8) is 0 Å². The number of fused-ring (bicyclic) bond motifs is 2. The van der Waals surface area contributed by atoms with Crippen LogP contribution in [-0.2, 0) is 16.4 Å². The minimum Gasteiger partial charge on any atom is -0.351 e. The maximum Gasteiger partial charge on any atom is 0.264 e. The van der Waals surface area contributed by atoms with Gasteiger partial charge in [0.25, 0.3) is 15.9 Å². The Bertz CT molecular complexity index is 1680. The highest BCUT2D eigenvalue weighted by Crippen LogP contribution is 2.33. The van der Waals surface area contributed by atoms with E-state index in [0.29, 0.717) is 18.7 Å². The topological polar surface area (TPSA) is 85.8 Å². The third-order valence-electron chi connectivity index (χ3n) is 8.20. The fourth-order valence-electron chi connectivity index (χ4n) is 5.60. The molecule has 3 heterocycles. The van der Waals surface area contributed by atoms with Gasteiger partial charge in [-0.25, -0.2) is 13.4 Å². The van der Waals surface area contributed by atoms with Crippen LogP contribution < -0.4 is 14.5 Å². The van der Waals surface area contributed by atoms with Crippen molar-refractivity contribution >= 4 is 48.3 Å². The van der Waals surface area contributed by atoms with Gasteiger partial charge in [-0.15, -0.1) is 0 Å². The van der Waals surface area contributed by atoms with Crippen molar-refractivity contribution in [2.24, 2.45) is 0 Å². The first-order valence-corrected chi connectivity index (χ1v) is 16.4. The van der Waals surface area contributed by atoms with E-state index in [-0.39, 0.29) is 10.8 Å². The molecule has 4 aromatic rings. The van der Waals surface area contributed by atoms with Gasteiger partial charge in [-0.3, -0.25) is 14.0 Å². The molecule has 1 saturated heterocycles. The van der Waals surface area contributed by atoms with Crippen LogP contribution in [0.15, 0.2) is 65.6 Å². The van der Waals surface area contributed by atoms with Gasteiger partial charge in [0, 0.05) is 51.4 Å². The number of carbonyl (C=O) groups excluding carboxylic acids is 1. The summed E-state index contributed by atoms with van der Waals surface area (Å²) < 4.78 is 29.5. The molecule has 1 fully saturated rings. The summed E-state index contributed by atoms with van der Waals surface area (Å²) in [4.78, 5) is 22.6. The van der Waals surface area contributed by atoms with Crippen LogP contribution in [0.4, 0.5) is 10.8 Å². The Morgan fingerprint density at radius 1 is 0.951 bits per heavy atom. The lowest BCUT2D eigenvalue weighted by Gasteiger charge is -2.34. The van der Waals surface area contributed by atoms with Crippen LogP contribution in [0.3, 0.4) is 0 Å². The van der Waals surface area contributed by atoms with E-state index < -0.39 is 10.0 Å². The number of nitrogens with zero attached hydrogens (tertiary/aromatic N) is 4. The first-order valence-electron chi connectivity index (χ1n) is 14.1. The normalized spacial score (nSPS) is 16.1. The molecule has 1 amide bonds. The van der Waals surface area contributed by atoms with Gasteiger partial charge in [-0.1, -0.05) is 35.6 Å². The summed E-state index contributed by atoms with van der Waals surface area (Å²) in [6, 6.07) is 18.2. The number of anilines is 2. The smallest absolute Gasteiger partial charge is 0.264 e. The van der Waals surface area contributed by atoms with Crippen molar-refractivity contribution in [3.05, 3.63) is 82.9 Å². The molecule has 8 nitrogen and oxygen atoms in total. The maximum atomic E-state index is 13.4. The molecule has 10 heteroatoms. The van der Waals surface area contributed by atoms with Gasteiger partial charge in [-0.2, -0.15) is 0 Å². The molecule has 0 radical (unpaired) electrons. The van der Waals surface area contributed by atoms with Gasteiger partial charge < -0.3 is 10.2 Å². The zero-order valence-electron chi connectivity index (χ0n) is 23.5. The van der Waals surface area contributed by atoms with Crippen molar-refractivity contribution < 1.29 is 13.2 Å². The summed E-state index contributed by atoms with van der Waals surface area (Å²) in [6.07, 6.45) is 1.66. The molecule has 1 aromatic heterocycles. The monoisotopic (exact) mass is 589 g/mol. The van der Waals surface area contributed by atoms with Crippen LogP contribution in [-0.4, -0.2) is 70.0 Å². The van der Waals surface area contributed by atoms with Crippen LogP contribution in [0, 0.1) is 13.8 Å². The molecule has 41 heavy (non-hydrogen) atoms. The Kier molecular flexibility index (Phi) is 7.72. The Morgan fingerprint density at radius 2 is 1.71 bits per heavy atom. The molecule has 214 valence electrons. The molecule has 0 atom stereocenters. The van der Waals surface area contributed by atoms with E-state index in [1.807, 2.05) is 24.3 Å². The summed E-state index contributed by atoms with van der Waals surface area (Å²) >= 11 is 1.75. The van der Waals surface area contributed by atoms with E-state index in [9.17, 15) is 13.2 Å². The highest BCUT2D eigenvalue weighted by Gasteiger charge is 2.29. The molecular formula is C31H35N5O3S2. The zero-order chi connectivity index (χ0) is 28.6. The Labute approximate surface area is 245 Å². The number of hydrogen-bond donors (Lipinski definition) is 1. The first-order chi connectivity index (χ1) is 19.8. The Balaban J connectivity index is 1.00. The minimum absolute atomic E-state index is 0.196. The molecule has 3 aromatic carbocycles. The number of aryl methyl sites for hydroxylation is 3. The van der Waals surface area contributed by atoms with Crippen LogP contribution in [0.2, 0.25) is 0 Å². The van der Waals surface area contributed by atoms with Gasteiger partial charge in [0.15, 0.2) is 5.13 Å². The SMILES string of the molecule is Cc1ccc2sc(N3CCN(CCNC(=O)c4ccc(S(=O)(=O)N5CCCc6ccccc65)cc4)CC3)nc2c1C. The summed E-state index contributed by atoms with van der Waals surface area (Å²) in [5.74, 6) is -0.198. The minimum atomic E-state index is -3.70. The lowest BCUT2D eigenvalue weighted by Crippen LogP contribution is -2.48. The van der Waals surface area contributed by atoms with Crippen LogP contribution in [0.25, 0.3) is 10.2 Å². The van der Waals surface area contributed by atoms with Gasteiger partial charge in [0.1, 0.15) is 0 Å². The van der Waals surface area contributed by atoms with Crippen molar-refractivity contribution in [1.29, 1.82) is 0 Å². The van der Waals surface area contributed by atoms with Crippen molar-refractivity contribution in [2.45, 2.75) is 31.6 Å². The third kappa shape index (κ3) is 5.56. The van der Waals surface area contributed by atoms with Crippen molar-refractivity contribution in [2.75, 3.05) is 55.0 Å². The van der Waals surface area contributed by atoms with Crippen LogP contribution in [0.5, 0.6) is 0 Å². The first kappa shape index (κ1) is 27.7. The molecule has 0 aliphatic carbocycles. The highest BCUT2D eigenvalue weighted by molar-refractivity contribution is 7.92. The summed E-state index contributed by atoms with van der Waals surface area (Å²) in [5, 5.41) is 4.07. The standard InChI is InChI=1S/C31H35N5O3S2/c1-22-9-14-28-29(23(22)2)33-31(40-28)35-20-18-34(19-21-35)17-15-32-30(37)25-10-12-26(13-11-25)41(38,39)36-16-5-7-24-6-3-4-8-27(24)36/h3-4,6,8-14H,5,7,15-21H2,1-2H3,(H,32,37). The maximum absolute atomic E-state index is 13.4. The number of rotatable bonds is 7. The number of amides is 1. The summed E-state index contributed by atoms with van der Waals surface area (Å²) in [6.45, 7) is 9.65. The number of hydrogen-bond acceptors (Lipinski definition) is 7. The average molecular weight is 590 g/mol. The van der Waals surface area contributed by atoms with E-state index >= 15 is 0 Å². The number of aromatic nitrogens is 1. The number of piperazine rings is 1. The predicted octanol–water partition coefficient (Wildman–Crippen LogP) is 4.61. The number of para-hydroxylation sites is 1. The fraction of sp³-hybridized carbons (Fsp3) is 0.355. The summed E-state index contributed by atoms with van der Waals surface area (Å²) in [7, 11) is -3.70. The second kappa shape index (κ2) is 11.4. The fourth-order valence-corrected chi connectivity index (χ4v) is 8.21. The highest BCUT2D eigenvalue weighted by atomic mass is 32.2. The Morgan fingerprint density at radius 3 is 2.49 bits per heavy atom.